The predicted octanol–water partition coefficient (Wildman–Crippen LogP) is 2.94. The van der Waals surface area contributed by atoms with Crippen LogP contribution in [0.15, 0.2) is 36.8 Å². The van der Waals surface area contributed by atoms with Gasteiger partial charge in [-0.3, -0.25) is 15.0 Å². The molecule has 2 amide bonds. The maximum absolute atomic E-state index is 12.2. The number of aliphatic hydroxyl groups excluding tert-OH is 1. The van der Waals surface area contributed by atoms with Gasteiger partial charge >= 0.3 is 6.03 Å². The molecule has 1 aliphatic carbocycles. The molecule has 8 nitrogen and oxygen atoms in total. The van der Waals surface area contributed by atoms with E-state index in [-0.39, 0.29) is 18.7 Å². The summed E-state index contributed by atoms with van der Waals surface area (Å²) in [5, 5.41) is 19.1. The van der Waals surface area contributed by atoms with Crippen LogP contribution >= 0.6 is 0 Å². The third-order valence-corrected chi connectivity index (χ3v) is 4.98. The minimum Gasteiger partial charge on any atom is -0.396 e. The van der Waals surface area contributed by atoms with Crippen LogP contribution in [0.4, 0.5) is 10.6 Å². The Morgan fingerprint density at radius 2 is 2.04 bits per heavy atom. The van der Waals surface area contributed by atoms with Crippen LogP contribution in [0, 0.1) is 0 Å². The lowest BCUT2D eigenvalue weighted by Gasteiger charge is -2.12. The van der Waals surface area contributed by atoms with Gasteiger partial charge in [-0.25, -0.2) is 9.78 Å². The fourth-order valence-electron chi connectivity index (χ4n) is 3.51. The number of pyridine rings is 2. The molecule has 3 heterocycles. The maximum Gasteiger partial charge on any atom is 0.320 e. The zero-order chi connectivity index (χ0) is 19.3. The first-order valence-corrected chi connectivity index (χ1v) is 9.69. The zero-order valence-electron chi connectivity index (χ0n) is 15.6. The third kappa shape index (κ3) is 4.28. The van der Waals surface area contributed by atoms with Gasteiger partial charge in [0.2, 0.25) is 0 Å². The minimum atomic E-state index is -0.215. The van der Waals surface area contributed by atoms with Gasteiger partial charge in [-0.1, -0.05) is 12.8 Å². The number of urea groups is 1. The number of anilines is 1. The molecule has 0 radical (unpaired) electrons. The van der Waals surface area contributed by atoms with Gasteiger partial charge in [0, 0.05) is 42.7 Å². The lowest BCUT2D eigenvalue weighted by molar-refractivity contribution is 0.248. The molecule has 28 heavy (non-hydrogen) atoms. The Bertz CT molecular complexity index is 964. The second-order valence-corrected chi connectivity index (χ2v) is 7.11. The summed E-state index contributed by atoms with van der Waals surface area (Å²) in [6.07, 6.45) is 10.6. The molecule has 1 aliphatic rings. The lowest BCUT2D eigenvalue weighted by atomic mass is 10.1. The van der Waals surface area contributed by atoms with E-state index in [9.17, 15) is 4.79 Å². The summed E-state index contributed by atoms with van der Waals surface area (Å²) >= 11 is 0. The Labute approximate surface area is 163 Å². The van der Waals surface area contributed by atoms with E-state index in [4.69, 9.17) is 5.11 Å². The maximum atomic E-state index is 12.2. The summed E-state index contributed by atoms with van der Waals surface area (Å²) in [5.41, 5.74) is 3.31. The number of aromatic nitrogens is 4. The Morgan fingerprint density at radius 1 is 1.18 bits per heavy atom. The molecule has 0 saturated heterocycles. The first-order valence-electron chi connectivity index (χ1n) is 9.69. The van der Waals surface area contributed by atoms with Crippen LogP contribution < -0.4 is 10.6 Å². The van der Waals surface area contributed by atoms with Gasteiger partial charge in [0.1, 0.15) is 5.82 Å². The van der Waals surface area contributed by atoms with E-state index in [1.807, 2.05) is 18.3 Å². The van der Waals surface area contributed by atoms with Gasteiger partial charge in [0.25, 0.3) is 0 Å². The Hall–Kier alpha value is -3.00. The summed E-state index contributed by atoms with van der Waals surface area (Å²) in [6.45, 7) is 0.806. The van der Waals surface area contributed by atoms with Crippen molar-refractivity contribution in [2.24, 2.45) is 0 Å². The van der Waals surface area contributed by atoms with Crippen molar-refractivity contribution in [3.63, 3.8) is 0 Å². The molecule has 146 valence electrons. The number of carbonyl (C=O) groups excluding carboxylic acids is 1. The molecule has 0 atom stereocenters. The molecule has 1 fully saturated rings. The number of fused-ring (bicyclic) bond motifs is 1. The highest BCUT2D eigenvalue weighted by molar-refractivity contribution is 5.90. The van der Waals surface area contributed by atoms with Crippen LogP contribution in [0.1, 0.15) is 32.1 Å². The number of hydrogen-bond acceptors (Lipinski definition) is 5. The molecule has 0 aliphatic heterocycles. The quantitative estimate of drug-likeness (QED) is 0.610. The predicted molar refractivity (Wildman–Crippen MR) is 107 cm³/mol. The molecular weight excluding hydrogens is 356 g/mol. The Morgan fingerprint density at radius 3 is 2.86 bits per heavy atom. The average Bonchev–Trinajstić information content (AvgIpc) is 3.37. The first-order chi connectivity index (χ1) is 13.7. The van der Waals surface area contributed by atoms with Crippen molar-refractivity contribution in [2.45, 2.75) is 44.7 Å². The van der Waals surface area contributed by atoms with Crippen molar-refractivity contribution in [1.29, 1.82) is 0 Å². The monoisotopic (exact) mass is 380 g/mol. The molecule has 0 spiro atoms. The number of nitrogens with zero attached hydrogens (tertiary/aromatic N) is 4. The molecule has 3 aromatic rings. The van der Waals surface area contributed by atoms with Gasteiger partial charge < -0.3 is 10.4 Å². The van der Waals surface area contributed by atoms with Crippen LogP contribution in [0.2, 0.25) is 0 Å². The van der Waals surface area contributed by atoms with Crippen LogP contribution in [-0.2, 0) is 6.54 Å². The highest BCUT2D eigenvalue weighted by Gasteiger charge is 2.17. The highest BCUT2D eigenvalue weighted by atomic mass is 16.3. The second-order valence-electron chi connectivity index (χ2n) is 7.11. The summed E-state index contributed by atoms with van der Waals surface area (Å²) in [7, 11) is 0. The summed E-state index contributed by atoms with van der Waals surface area (Å²) < 4.78 is 1.80. The minimum absolute atomic E-state index is 0.140. The summed E-state index contributed by atoms with van der Waals surface area (Å²) in [4.78, 5) is 21.2. The Balaban J connectivity index is 1.50. The van der Waals surface area contributed by atoms with Gasteiger partial charge in [0.05, 0.1) is 17.2 Å². The van der Waals surface area contributed by atoms with E-state index in [1.54, 1.807) is 23.1 Å². The van der Waals surface area contributed by atoms with Gasteiger partial charge in [-0.05, 0) is 37.5 Å². The lowest BCUT2D eigenvalue weighted by Crippen LogP contribution is -2.36. The third-order valence-electron chi connectivity index (χ3n) is 4.98. The molecule has 8 heteroatoms. The smallest absolute Gasteiger partial charge is 0.320 e. The fraction of sp³-hybridized carbons (Fsp3) is 0.400. The van der Waals surface area contributed by atoms with Crippen LogP contribution in [0.25, 0.3) is 22.2 Å². The van der Waals surface area contributed by atoms with E-state index in [0.717, 1.165) is 29.5 Å². The number of amides is 2. The number of carbonyl (C=O) groups is 1. The van der Waals surface area contributed by atoms with Crippen molar-refractivity contribution in [3.05, 3.63) is 36.8 Å². The summed E-state index contributed by atoms with van der Waals surface area (Å²) in [5.74, 6) is 0.501. The largest absolute Gasteiger partial charge is 0.396 e. The molecule has 3 N–H and O–H groups in total. The molecule has 1 saturated carbocycles. The van der Waals surface area contributed by atoms with E-state index < -0.39 is 0 Å². The first kappa shape index (κ1) is 18.4. The molecular formula is C20H24N6O2. The number of aliphatic hydroxyl groups is 1. The number of nitrogens with one attached hydrogen (secondary N) is 2. The standard InChI is InChI=1S/C20H24N6O2/c27-9-3-8-26-13-15(12-22-26)14-10-18-17(21-11-14)6-7-19(24-18)25-20(28)23-16-4-1-2-5-16/h6-7,10-13,16,27H,1-5,8-9H2,(H2,23,24,25,28). The van der Waals surface area contributed by atoms with Gasteiger partial charge in [0.15, 0.2) is 0 Å². The van der Waals surface area contributed by atoms with Crippen molar-refractivity contribution < 1.29 is 9.90 Å². The molecule has 0 aromatic carbocycles. The van der Waals surface area contributed by atoms with E-state index in [0.29, 0.717) is 24.3 Å². The van der Waals surface area contributed by atoms with Crippen molar-refractivity contribution >= 4 is 22.9 Å². The molecule has 0 unspecified atom stereocenters. The second kappa shape index (κ2) is 8.35. The van der Waals surface area contributed by atoms with Crippen molar-refractivity contribution in [1.82, 2.24) is 25.1 Å². The van der Waals surface area contributed by atoms with E-state index >= 15 is 0 Å². The fourth-order valence-corrected chi connectivity index (χ4v) is 3.51. The van der Waals surface area contributed by atoms with E-state index in [2.05, 4.69) is 25.7 Å². The van der Waals surface area contributed by atoms with Gasteiger partial charge in [-0.2, -0.15) is 5.10 Å². The highest BCUT2D eigenvalue weighted by Crippen LogP contribution is 2.23. The number of aryl methyl sites for hydroxylation is 1. The van der Waals surface area contributed by atoms with Crippen molar-refractivity contribution in [2.75, 3.05) is 11.9 Å². The number of hydrogen-bond donors (Lipinski definition) is 3. The van der Waals surface area contributed by atoms with Crippen LogP contribution in [0.5, 0.6) is 0 Å². The summed E-state index contributed by atoms with van der Waals surface area (Å²) in [6, 6.07) is 5.59. The molecule has 4 rings (SSSR count). The molecule has 3 aromatic heterocycles. The van der Waals surface area contributed by atoms with Crippen LogP contribution in [0.3, 0.4) is 0 Å². The average molecular weight is 380 g/mol. The SMILES string of the molecule is O=C(Nc1ccc2ncc(-c3cnn(CCCO)c3)cc2n1)NC1CCCC1. The Kier molecular flexibility index (Phi) is 5.48. The number of rotatable bonds is 6. The molecule has 0 bridgehead atoms. The van der Waals surface area contributed by atoms with Crippen LogP contribution in [-0.4, -0.2) is 43.5 Å². The topological polar surface area (TPSA) is 105 Å². The zero-order valence-corrected chi connectivity index (χ0v) is 15.6. The van der Waals surface area contributed by atoms with Gasteiger partial charge in [-0.15, -0.1) is 0 Å². The van der Waals surface area contributed by atoms with E-state index in [1.165, 1.54) is 12.8 Å². The normalized spacial score (nSPS) is 14.5. The van der Waals surface area contributed by atoms with Crippen molar-refractivity contribution in [3.8, 4) is 11.1 Å².